The monoisotopic (exact) mass is 373 g/mol. The van der Waals surface area contributed by atoms with Crippen molar-refractivity contribution in [3.05, 3.63) is 29.5 Å². The number of fused-ring (bicyclic) bond motifs is 1. The Bertz CT molecular complexity index is 872. The van der Waals surface area contributed by atoms with E-state index in [1.165, 1.54) is 0 Å². The molecule has 1 aliphatic rings. The van der Waals surface area contributed by atoms with Gasteiger partial charge in [0.15, 0.2) is 0 Å². The molecule has 1 fully saturated rings. The van der Waals surface area contributed by atoms with Crippen molar-refractivity contribution in [1.82, 2.24) is 14.4 Å². The van der Waals surface area contributed by atoms with Gasteiger partial charge >= 0.3 is 0 Å². The summed E-state index contributed by atoms with van der Waals surface area (Å²) in [6.07, 6.45) is 0.256. The quantitative estimate of drug-likeness (QED) is 0.820. The number of aromatic nitrogens is 1. The number of carbonyl (C=O) groups is 2. The lowest BCUT2D eigenvalue weighted by atomic mass is 10.1. The molecule has 2 amide bonds. The van der Waals surface area contributed by atoms with Gasteiger partial charge in [0.1, 0.15) is 5.75 Å². The van der Waals surface area contributed by atoms with Crippen LogP contribution in [0.1, 0.15) is 22.5 Å². The molecule has 1 unspecified atom stereocenters. The second kappa shape index (κ2) is 7.60. The molecule has 0 bridgehead atoms. The third kappa shape index (κ3) is 3.51. The average molecular weight is 373 g/mol. The minimum absolute atomic E-state index is 0.0142. The van der Waals surface area contributed by atoms with Crippen molar-refractivity contribution < 1.29 is 19.1 Å². The molecule has 7 heteroatoms. The molecular formula is C20H27N3O4. The number of hydrogen-bond acceptors (Lipinski definition) is 4. The zero-order chi connectivity index (χ0) is 19.7. The first-order chi connectivity index (χ1) is 12.8. The molecule has 0 saturated carbocycles. The predicted molar refractivity (Wildman–Crippen MR) is 103 cm³/mol. The Morgan fingerprint density at radius 3 is 2.74 bits per heavy atom. The third-order valence-electron chi connectivity index (χ3n) is 5.31. The topological polar surface area (TPSA) is 64.0 Å². The first kappa shape index (κ1) is 19.2. The number of aryl methyl sites for hydroxylation is 1. The molecule has 1 aromatic carbocycles. The lowest BCUT2D eigenvalue weighted by Crippen LogP contribution is -2.50. The number of nitrogens with zero attached hydrogens (tertiary/aromatic N) is 3. The number of morpholine rings is 1. The average Bonchev–Trinajstić information content (AvgIpc) is 2.91. The first-order valence-electron chi connectivity index (χ1n) is 9.07. The number of benzene rings is 1. The van der Waals surface area contributed by atoms with Gasteiger partial charge in [0.05, 0.1) is 31.9 Å². The van der Waals surface area contributed by atoms with E-state index in [4.69, 9.17) is 9.47 Å². The van der Waals surface area contributed by atoms with E-state index in [-0.39, 0.29) is 24.3 Å². The lowest BCUT2D eigenvalue weighted by Gasteiger charge is -2.36. The largest absolute Gasteiger partial charge is 0.497 e. The van der Waals surface area contributed by atoms with Crippen LogP contribution in [0.15, 0.2) is 18.2 Å². The third-order valence-corrected chi connectivity index (χ3v) is 5.31. The highest BCUT2D eigenvalue weighted by molar-refractivity contribution is 6.09. The molecule has 0 spiro atoms. The predicted octanol–water partition coefficient (Wildman–Crippen LogP) is 1.81. The summed E-state index contributed by atoms with van der Waals surface area (Å²) in [7, 11) is 7.01. The van der Waals surface area contributed by atoms with Crippen LogP contribution in [0.5, 0.6) is 5.75 Å². The van der Waals surface area contributed by atoms with Crippen molar-refractivity contribution >= 4 is 22.7 Å². The van der Waals surface area contributed by atoms with Crippen molar-refractivity contribution in [2.24, 2.45) is 7.05 Å². The molecule has 1 saturated heterocycles. The molecule has 27 heavy (non-hydrogen) atoms. The second-order valence-electron chi connectivity index (χ2n) is 7.12. The molecule has 1 aliphatic heterocycles. The molecular weight excluding hydrogens is 346 g/mol. The molecule has 7 nitrogen and oxygen atoms in total. The molecule has 1 atom stereocenters. The van der Waals surface area contributed by atoms with Gasteiger partial charge in [0.25, 0.3) is 5.91 Å². The highest BCUT2D eigenvalue weighted by Crippen LogP contribution is 2.30. The maximum absolute atomic E-state index is 13.5. The Labute approximate surface area is 159 Å². The normalized spacial score (nSPS) is 17.2. The van der Waals surface area contributed by atoms with E-state index >= 15 is 0 Å². The summed E-state index contributed by atoms with van der Waals surface area (Å²) in [5, 5.41) is 0.864. The summed E-state index contributed by atoms with van der Waals surface area (Å²) in [5.41, 5.74) is 2.54. The van der Waals surface area contributed by atoms with Crippen LogP contribution < -0.4 is 4.74 Å². The van der Waals surface area contributed by atoms with Crippen molar-refractivity contribution in [3.63, 3.8) is 0 Å². The minimum Gasteiger partial charge on any atom is -0.497 e. The Balaban J connectivity index is 2.00. The van der Waals surface area contributed by atoms with Crippen LogP contribution in [0.4, 0.5) is 0 Å². The summed E-state index contributed by atoms with van der Waals surface area (Å²) >= 11 is 0. The fourth-order valence-electron chi connectivity index (χ4n) is 3.57. The van der Waals surface area contributed by atoms with Crippen LogP contribution in [0, 0.1) is 6.92 Å². The molecule has 0 radical (unpaired) electrons. The van der Waals surface area contributed by atoms with Crippen LogP contribution >= 0.6 is 0 Å². The number of rotatable bonds is 4. The van der Waals surface area contributed by atoms with E-state index in [9.17, 15) is 9.59 Å². The molecule has 146 valence electrons. The van der Waals surface area contributed by atoms with E-state index in [0.29, 0.717) is 31.1 Å². The van der Waals surface area contributed by atoms with Gasteiger partial charge in [-0.05, 0) is 25.1 Å². The highest BCUT2D eigenvalue weighted by atomic mass is 16.5. The summed E-state index contributed by atoms with van der Waals surface area (Å²) in [5.74, 6) is 0.634. The Morgan fingerprint density at radius 2 is 2.07 bits per heavy atom. The van der Waals surface area contributed by atoms with Crippen molar-refractivity contribution in [3.8, 4) is 5.75 Å². The molecule has 0 N–H and O–H groups in total. The van der Waals surface area contributed by atoms with Crippen molar-refractivity contribution in [2.75, 3.05) is 41.0 Å². The molecule has 2 heterocycles. The van der Waals surface area contributed by atoms with Crippen LogP contribution in [0.3, 0.4) is 0 Å². The van der Waals surface area contributed by atoms with Gasteiger partial charge in [0.2, 0.25) is 5.91 Å². The maximum atomic E-state index is 13.5. The Hall–Kier alpha value is -2.54. The molecule has 0 aliphatic carbocycles. The fraction of sp³-hybridized carbons (Fsp3) is 0.500. The Kier molecular flexibility index (Phi) is 5.41. The SMILES string of the molecule is COc1ccc2c(c1)c(C(=O)N1CCOCC1CC(=O)N(C)C)c(C)n2C. The van der Waals surface area contributed by atoms with Crippen LogP contribution in [0.2, 0.25) is 0 Å². The number of hydrogen-bond donors (Lipinski definition) is 0. The summed E-state index contributed by atoms with van der Waals surface area (Å²) in [4.78, 5) is 29.0. The molecule has 2 aromatic rings. The van der Waals surface area contributed by atoms with E-state index in [1.54, 1.807) is 31.0 Å². The Morgan fingerprint density at radius 1 is 1.33 bits per heavy atom. The zero-order valence-corrected chi connectivity index (χ0v) is 16.6. The van der Waals surface area contributed by atoms with Crippen molar-refractivity contribution in [1.29, 1.82) is 0 Å². The summed E-state index contributed by atoms with van der Waals surface area (Å²) in [6, 6.07) is 5.49. The van der Waals surface area contributed by atoms with E-state index in [2.05, 4.69) is 0 Å². The van der Waals surface area contributed by atoms with E-state index < -0.39 is 0 Å². The van der Waals surface area contributed by atoms with Gasteiger partial charge in [-0.15, -0.1) is 0 Å². The van der Waals surface area contributed by atoms with Crippen LogP contribution in [-0.2, 0) is 16.6 Å². The smallest absolute Gasteiger partial charge is 0.256 e. The maximum Gasteiger partial charge on any atom is 0.256 e. The van der Waals surface area contributed by atoms with Gasteiger partial charge in [-0.3, -0.25) is 9.59 Å². The van der Waals surface area contributed by atoms with Crippen LogP contribution in [0.25, 0.3) is 10.9 Å². The minimum atomic E-state index is -0.263. The number of methoxy groups -OCH3 is 1. The number of carbonyl (C=O) groups excluding carboxylic acids is 2. The molecule has 3 rings (SSSR count). The van der Waals surface area contributed by atoms with Gasteiger partial charge in [-0.25, -0.2) is 0 Å². The lowest BCUT2D eigenvalue weighted by molar-refractivity contribution is -0.131. The second-order valence-corrected chi connectivity index (χ2v) is 7.12. The number of amides is 2. The van der Waals surface area contributed by atoms with Gasteiger partial charge in [-0.1, -0.05) is 0 Å². The van der Waals surface area contributed by atoms with Gasteiger partial charge < -0.3 is 23.8 Å². The summed E-state index contributed by atoms with van der Waals surface area (Å²) < 4.78 is 12.9. The fourth-order valence-corrected chi connectivity index (χ4v) is 3.57. The van der Waals surface area contributed by atoms with Crippen LogP contribution in [-0.4, -0.2) is 73.2 Å². The first-order valence-corrected chi connectivity index (χ1v) is 9.07. The van der Waals surface area contributed by atoms with Gasteiger partial charge in [0, 0.05) is 50.7 Å². The van der Waals surface area contributed by atoms with E-state index in [1.807, 2.05) is 36.7 Å². The molecule has 1 aromatic heterocycles. The van der Waals surface area contributed by atoms with E-state index in [0.717, 1.165) is 16.6 Å². The highest BCUT2D eigenvalue weighted by Gasteiger charge is 2.32. The van der Waals surface area contributed by atoms with Crippen molar-refractivity contribution in [2.45, 2.75) is 19.4 Å². The standard InChI is InChI=1S/C20H27N3O4/c1-13-19(16-11-15(26-5)6-7-17(16)22(13)4)20(25)23-8-9-27-12-14(23)10-18(24)21(2)3/h6-7,11,14H,8-10,12H2,1-5H3. The van der Waals surface area contributed by atoms with Gasteiger partial charge in [-0.2, -0.15) is 0 Å². The summed E-state index contributed by atoms with van der Waals surface area (Å²) in [6.45, 7) is 3.27. The zero-order valence-electron chi connectivity index (χ0n) is 16.6. The number of ether oxygens (including phenoxy) is 2.